The minimum Gasteiger partial charge on any atom is -0.394 e. The van der Waals surface area contributed by atoms with Gasteiger partial charge < -0.3 is 15.2 Å². The molecule has 2 atom stereocenters. The van der Waals surface area contributed by atoms with Crippen molar-refractivity contribution in [1.82, 2.24) is 15.1 Å². The van der Waals surface area contributed by atoms with Gasteiger partial charge in [-0.15, -0.1) is 0 Å². The molecule has 0 amide bonds. The van der Waals surface area contributed by atoms with Gasteiger partial charge in [-0.25, -0.2) is 0 Å². The maximum Gasteiger partial charge on any atom is 0.0640 e. The molecule has 5 nitrogen and oxygen atoms in total. The summed E-state index contributed by atoms with van der Waals surface area (Å²) in [6.45, 7) is 5.44. The highest BCUT2D eigenvalue weighted by atomic mass is 16.5. The quantitative estimate of drug-likeness (QED) is 0.780. The fourth-order valence-corrected chi connectivity index (χ4v) is 2.15. The smallest absolute Gasteiger partial charge is 0.0640 e. The molecular weight excluding hydrogens is 218 g/mol. The number of hydrogen-bond donors (Lipinski definition) is 2. The van der Waals surface area contributed by atoms with Crippen LogP contribution >= 0.6 is 0 Å². The number of ether oxygens (including phenoxy) is 1. The average Bonchev–Trinajstić information content (AvgIpc) is 2.76. The summed E-state index contributed by atoms with van der Waals surface area (Å²) in [6.07, 6.45) is 4.91. The van der Waals surface area contributed by atoms with Crippen LogP contribution in [0.5, 0.6) is 0 Å². The third kappa shape index (κ3) is 3.52. The third-order valence-corrected chi connectivity index (χ3v) is 3.23. The number of nitrogens with zero attached hydrogens (tertiary/aromatic N) is 2. The Morgan fingerprint density at radius 2 is 2.53 bits per heavy atom. The van der Waals surface area contributed by atoms with Crippen LogP contribution < -0.4 is 5.32 Å². The number of aliphatic hydroxyl groups is 1. The average molecular weight is 239 g/mol. The molecule has 0 radical (unpaired) electrons. The fourth-order valence-electron chi connectivity index (χ4n) is 2.15. The van der Waals surface area contributed by atoms with Gasteiger partial charge >= 0.3 is 0 Å². The zero-order chi connectivity index (χ0) is 12.1. The van der Waals surface area contributed by atoms with E-state index in [0.29, 0.717) is 18.5 Å². The van der Waals surface area contributed by atoms with E-state index in [9.17, 15) is 0 Å². The van der Waals surface area contributed by atoms with Gasteiger partial charge in [0, 0.05) is 31.0 Å². The van der Waals surface area contributed by atoms with Crippen molar-refractivity contribution in [2.24, 2.45) is 5.92 Å². The lowest BCUT2D eigenvalue weighted by Crippen LogP contribution is -2.40. The molecule has 1 fully saturated rings. The predicted octanol–water partition coefficient (Wildman–Crippen LogP) is 0.390. The number of hydrogen-bond acceptors (Lipinski definition) is 4. The van der Waals surface area contributed by atoms with Gasteiger partial charge in [0.2, 0.25) is 0 Å². The molecule has 1 aliphatic rings. The van der Waals surface area contributed by atoms with Crippen LogP contribution in [0.3, 0.4) is 0 Å². The van der Waals surface area contributed by atoms with Crippen molar-refractivity contribution in [3.63, 3.8) is 0 Å². The van der Waals surface area contributed by atoms with Crippen molar-refractivity contribution in [2.75, 3.05) is 19.8 Å². The summed E-state index contributed by atoms with van der Waals surface area (Å²) in [7, 11) is 0. The molecule has 0 aliphatic carbocycles. The minimum absolute atomic E-state index is 0.131. The van der Waals surface area contributed by atoms with Crippen molar-refractivity contribution in [3.05, 3.63) is 18.0 Å². The number of aromatic nitrogens is 2. The Morgan fingerprint density at radius 3 is 3.29 bits per heavy atom. The second kappa shape index (κ2) is 6.14. The number of aliphatic hydroxyl groups excluding tert-OH is 1. The minimum atomic E-state index is 0.131. The number of rotatable bonds is 5. The van der Waals surface area contributed by atoms with E-state index in [1.165, 1.54) is 0 Å². The first kappa shape index (κ1) is 12.5. The molecule has 0 saturated carbocycles. The van der Waals surface area contributed by atoms with E-state index in [0.717, 1.165) is 31.7 Å². The van der Waals surface area contributed by atoms with Crippen LogP contribution in [0.25, 0.3) is 0 Å². The highest BCUT2D eigenvalue weighted by Gasteiger charge is 2.21. The SMILES string of the molecule is CC1COCCC1NCc1cnn(CCO)c1. The summed E-state index contributed by atoms with van der Waals surface area (Å²) >= 11 is 0. The van der Waals surface area contributed by atoms with E-state index < -0.39 is 0 Å². The van der Waals surface area contributed by atoms with Gasteiger partial charge in [-0.1, -0.05) is 6.92 Å². The van der Waals surface area contributed by atoms with Gasteiger partial charge in [0.25, 0.3) is 0 Å². The molecule has 2 rings (SSSR count). The second-order valence-electron chi connectivity index (χ2n) is 4.66. The Bertz CT molecular complexity index is 340. The van der Waals surface area contributed by atoms with Crippen LogP contribution in [0, 0.1) is 5.92 Å². The summed E-state index contributed by atoms with van der Waals surface area (Å²) in [4.78, 5) is 0. The fraction of sp³-hybridized carbons (Fsp3) is 0.750. The van der Waals surface area contributed by atoms with Crippen molar-refractivity contribution >= 4 is 0 Å². The molecule has 2 unspecified atom stereocenters. The largest absolute Gasteiger partial charge is 0.394 e. The molecule has 1 aromatic heterocycles. The maximum absolute atomic E-state index is 8.81. The predicted molar refractivity (Wildman–Crippen MR) is 64.5 cm³/mol. The Morgan fingerprint density at radius 1 is 1.65 bits per heavy atom. The highest BCUT2D eigenvalue weighted by molar-refractivity contribution is 5.03. The lowest BCUT2D eigenvalue weighted by atomic mass is 9.98. The van der Waals surface area contributed by atoms with E-state index in [1.54, 1.807) is 4.68 Å². The molecule has 1 aliphatic heterocycles. The van der Waals surface area contributed by atoms with Crippen molar-refractivity contribution in [2.45, 2.75) is 32.5 Å². The van der Waals surface area contributed by atoms with E-state index >= 15 is 0 Å². The first-order chi connectivity index (χ1) is 8.29. The van der Waals surface area contributed by atoms with Gasteiger partial charge in [-0.3, -0.25) is 4.68 Å². The lowest BCUT2D eigenvalue weighted by molar-refractivity contribution is 0.0386. The van der Waals surface area contributed by atoms with Crippen molar-refractivity contribution in [1.29, 1.82) is 0 Å². The topological polar surface area (TPSA) is 59.3 Å². The molecular formula is C12H21N3O2. The summed E-state index contributed by atoms with van der Waals surface area (Å²) in [5.41, 5.74) is 1.16. The molecule has 2 N–H and O–H groups in total. The van der Waals surface area contributed by atoms with Crippen LogP contribution in [-0.2, 0) is 17.8 Å². The molecule has 2 heterocycles. The van der Waals surface area contributed by atoms with Gasteiger partial charge in [0.05, 0.1) is 26.0 Å². The zero-order valence-corrected chi connectivity index (χ0v) is 10.3. The lowest BCUT2D eigenvalue weighted by Gasteiger charge is -2.29. The van der Waals surface area contributed by atoms with Crippen molar-refractivity contribution < 1.29 is 9.84 Å². The molecule has 0 bridgehead atoms. The second-order valence-corrected chi connectivity index (χ2v) is 4.66. The summed E-state index contributed by atoms with van der Waals surface area (Å²) in [5, 5.41) is 16.5. The van der Waals surface area contributed by atoms with Crippen LogP contribution in [0.15, 0.2) is 12.4 Å². The van der Waals surface area contributed by atoms with Gasteiger partial charge in [-0.05, 0) is 12.3 Å². The summed E-state index contributed by atoms with van der Waals surface area (Å²) < 4.78 is 7.18. The molecule has 17 heavy (non-hydrogen) atoms. The number of nitrogens with one attached hydrogen (secondary N) is 1. The summed E-state index contributed by atoms with van der Waals surface area (Å²) in [6, 6.07) is 0.532. The molecule has 1 aromatic rings. The summed E-state index contributed by atoms with van der Waals surface area (Å²) in [5.74, 6) is 0.566. The van der Waals surface area contributed by atoms with E-state index in [1.807, 2.05) is 12.4 Å². The Balaban J connectivity index is 1.79. The zero-order valence-electron chi connectivity index (χ0n) is 10.3. The monoisotopic (exact) mass is 239 g/mol. The van der Waals surface area contributed by atoms with Gasteiger partial charge in [0.15, 0.2) is 0 Å². The molecule has 0 aromatic carbocycles. The van der Waals surface area contributed by atoms with E-state index in [2.05, 4.69) is 17.3 Å². The van der Waals surface area contributed by atoms with Crippen molar-refractivity contribution in [3.8, 4) is 0 Å². The first-order valence-electron chi connectivity index (χ1n) is 6.23. The maximum atomic E-state index is 8.81. The Hall–Kier alpha value is -0.910. The highest BCUT2D eigenvalue weighted by Crippen LogP contribution is 2.14. The van der Waals surface area contributed by atoms with E-state index in [4.69, 9.17) is 9.84 Å². The molecule has 96 valence electrons. The van der Waals surface area contributed by atoms with Gasteiger partial charge in [0.1, 0.15) is 0 Å². The molecule has 1 saturated heterocycles. The molecule has 5 heteroatoms. The molecule has 0 spiro atoms. The van der Waals surface area contributed by atoms with Gasteiger partial charge in [-0.2, -0.15) is 5.10 Å². The first-order valence-corrected chi connectivity index (χ1v) is 6.23. The normalized spacial score (nSPS) is 25.1. The Kier molecular flexibility index (Phi) is 4.53. The standard InChI is InChI=1S/C12H21N3O2/c1-10-9-17-5-2-12(10)13-6-11-7-14-15(8-11)3-4-16/h7-8,10,12-13,16H,2-6,9H2,1H3. The van der Waals surface area contributed by atoms with E-state index in [-0.39, 0.29) is 6.61 Å². The van der Waals surface area contributed by atoms with Crippen LogP contribution in [0.2, 0.25) is 0 Å². The van der Waals surface area contributed by atoms with Crippen LogP contribution in [-0.4, -0.2) is 40.7 Å². The third-order valence-electron chi connectivity index (χ3n) is 3.23. The Labute approximate surface area is 102 Å². The van der Waals surface area contributed by atoms with Crippen LogP contribution in [0.1, 0.15) is 18.9 Å². The van der Waals surface area contributed by atoms with Crippen LogP contribution in [0.4, 0.5) is 0 Å².